The number of unbranched alkanes of at least 4 members (excludes halogenated alkanes) is 1. The number of ether oxygens (including phenoxy) is 1. The molecule has 0 saturated carbocycles. The third-order valence-electron chi connectivity index (χ3n) is 2.55. The summed E-state index contributed by atoms with van der Waals surface area (Å²) in [5, 5.41) is 1.85. The van der Waals surface area contributed by atoms with Gasteiger partial charge in [-0.1, -0.05) is 0 Å². The smallest absolute Gasteiger partial charge is 0.379 e. The van der Waals surface area contributed by atoms with Crippen molar-refractivity contribution in [2.75, 3.05) is 39.4 Å². The molecule has 0 unspecified atom stereocenters. The molecule has 0 radical (unpaired) electrons. The molecule has 0 aromatic carbocycles. The van der Waals surface area contributed by atoms with Crippen molar-refractivity contribution in [2.45, 2.75) is 19.0 Å². The second kappa shape index (κ2) is 6.80. The lowest BCUT2D eigenvalue weighted by Crippen LogP contribution is -2.38. The van der Waals surface area contributed by atoms with Crippen LogP contribution in [0, 0.1) is 0 Å². The van der Waals surface area contributed by atoms with Crippen molar-refractivity contribution in [3.63, 3.8) is 0 Å². The number of hydrogen-bond donors (Lipinski definition) is 1. The van der Waals surface area contributed by atoms with E-state index >= 15 is 0 Å². The van der Waals surface area contributed by atoms with Gasteiger partial charge in [0.15, 0.2) is 0 Å². The van der Waals surface area contributed by atoms with Gasteiger partial charge in [0.2, 0.25) is 0 Å². The summed E-state index contributed by atoms with van der Waals surface area (Å²) < 4.78 is 40.6. The molecule has 1 aliphatic rings. The molecule has 0 atom stereocenters. The van der Waals surface area contributed by atoms with Crippen LogP contribution in [0.1, 0.15) is 12.8 Å². The van der Waals surface area contributed by atoms with E-state index in [2.05, 4.69) is 4.90 Å². The quantitative estimate of drug-likeness (QED) is 0.737. The Labute approximate surface area is 98.1 Å². The van der Waals surface area contributed by atoms with Crippen LogP contribution in [0.2, 0.25) is 0 Å². The van der Waals surface area contributed by atoms with Crippen LogP contribution < -0.4 is 5.32 Å². The molecule has 17 heavy (non-hydrogen) atoms. The first-order valence-corrected chi connectivity index (χ1v) is 5.65. The molecule has 0 aliphatic carbocycles. The molecule has 0 aromatic rings. The van der Waals surface area contributed by atoms with Crippen molar-refractivity contribution in [2.24, 2.45) is 0 Å². The molecular formula is C10H17F3N2O2. The SMILES string of the molecule is O=C(NCCCCN1CCOCC1)C(F)(F)F. The van der Waals surface area contributed by atoms with E-state index in [1.165, 1.54) is 0 Å². The largest absolute Gasteiger partial charge is 0.471 e. The Kier molecular flexibility index (Phi) is 5.70. The average molecular weight is 254 g/mol. The maximum Gasteiger partial charge on any atom is 0.471 e. The maximum absolute atomic E-state index is 11.8. The van der Waals surface area contributed by atoms with Gasteiger partial charge in [-0.2, -0.15) is 13.2 Å². The standard InChI is InChI=1S/C10H17F3N2O2/c11-10(12,13)9(16)14-3-1-2-4-15-5-7-17-8-6-15/h1-8H2,(H,14,16). The fourth-order valence-corrected chi connectivity index (χ4v) is 1.59. The van der Waals surface area contributed by atoms with Crippen LogP contribution in [0.15, 0.2) is 0 Å². The molecule has 0 bridgehead atoms. The summed E-state index contributed by atoms with van der Waals surface area (Å²) in [4.78, 5) is 12.7. The number of nitrogens with zero attached hydrogens (tertiary/aromatic N) is 1. The predicted octanol–water partition coefficient (Wildman–Crippen LogP) is 0.777. The summed E-state index contributed by atoms with van der Waals surface area (Å²) in [6, 6.07) is 0. The van der Waals surface area contributed by atoms with E-state index in [-0.39, 0.29) is 6.54 Å². The van der Waals surface area contributed by atoms with Gasteiger partial charge in [-0.15, -0.1) is 0 Å². The third-order valence-corrected chi connectivity index (χ3v) is 2.55. The van der Waals surface area contributed by atoms with Gasteiger partial charge in [0.1, 0.15) is 0 Å². The molecule has 100 valence electrons. The van der Waals surface area contributed by atoms with Gasteiger partial charge >= 0.3 is 12.1 Å². The maximum atomic E-state index is 11.8. The Morgan fingerprint density at radius 1 is 1.24 bits per heavy atom. The van der Waals surface area contributed by atoms with Crippen molar-refractivity contribution < 1.29 is 22.7 Å². The monoisotopic (exact) mass is 254 g/mol. The van der Waals surface area contributed by atoms with Crippen molar-refractivity contribution >= 4 is 5.91 Å². The highest BCUT2D eigenvalue weighted by Crippen LogP contribution is 2.13. The summed E-state index contributed by atoms with van der Waals surface area (Å²) in [6.45, 7) is 4.08. The summed E-state index contributed by atoms with van der Waals surface area (Å²) in [6.07, 6.45) is -3.44. The number of halogens is 3. The van der Waals surface area contributed by atoms with Crippen LogP contribution in [0.3, 0.4) is 0 Å². The Morgan fingerprint density at radius 2 is 1.88 bits per heavy atom. The topological polar surface area (TPSA) is 41.6 Å². The molecule has 1 aliphatic heterocycles. The van der Waals surface area contributed by atoms with Crippen molar-refractivity contribution in [1.82, 2.24) is 10.2 Å². The molecule has 0 aromatic heterocycles. The molecule has 1 saturated heterocycles. The first kappa shape index (κ1) is 14.2. The van der Waals surface area contributed by atoms with Gasteiger partial charge in [0.05, 0.1) is 13.2 Å². The van der Waals surface area contributed by atoms with Gasteiger partial charge in [0, 0.05) is 19.6 Å². The Hall–Kier alpha value is -0.820. The molecule has 1 rings (SSSR count). The van der Waals surface area contributed by atoms with Gasteiger partial charge in [0.25, 0.3) is 0 Å². The van der Waals surface area contributed by atoms with Gasteiger partial charge in [-0.05, 0) is 19.4 Å². The highest BCUT2D eigenvalue weighted by atomic mass is 19.4. The fourth-order valence-electron chi connectivity index (χ4n) is 1.59. The van der Waals surface area contributed by atoms with E-state index in [9.17, 15) is 18.0 Å². The van der Waals surface area contributed by atoms with Crippen molar-refractivity contribution in [3.8, 4) is 0 Å². The fraction of sp³-hybridized carbons (Fsp3) is 0.900. The minimum absolute atomic E-state index is 0.0721. The number of rotatable bonds is 5. The Morgan fingerprint density at radius 3 is 2.47 bits per heavy atom. The molecule has 1 heterocycles. The summed E-state index contributed by atoms with van der Waals surface area (Å²) in [5.41, 5.74) is 0. The highest BCUT2D eigenvalue weighted by molar-refractivity contribution is 5.81. The van der Waals surface area contributed by atoms with E-state index in [0.29, 0.717) is 19.6 Å². The third kappa shape index (κ3) is 5.88. The lowest BCUT2D eigenvalue weighted by molar-refractivity contribution is -0.173. The second-order valence-electron chi connectivity index (χ2n) is 3.91. The lowest BCUT2D eigenvalue weighted by atomic mass is 10.2. The van der Waals surface area contributed by atoms with E-state index in [0.717, 1.165) is 26.1 Å². The average Bonchev–Trinajstić information content (AvgIpc) is 2.28. The van der Waals surface area contributed by atoms with E-state index in [1.807, 2.05) is 5.32 Å². The van der Waals surface area contributed by atoms with E-state index in [4.69, 9.17) is 4.74 Å². The van der Waals surface area contributed by atoms with Crippen molar-refractivity contribution in [3.05, 3.63) is 0 Å². The number of carbonyl (C=O) groups is 1. The number of hydrogen-bond acceptors (Lipinski definition) is 3. The van der Waals surface area contributed by atoms with Crippen LogP contribution in [-0.2, 0) is 9.53 Å². The molecule has 7 heteroatoms. The summed E-state index contributed by atoms with van der Waals surface area (Å²) in [5.74, 6) is -1.86. The molecule has 1 amide bonds. The number of alkyl halides is 3. The molecule has 1 N–H and O–H groups in total. The Bertz CT molecular complexity index is 240. The summed E-state index contributed by atoms with van der Waals surface area (Å²) in [7, 11) is 0. The molecule has 0 spiro atoms. The summed E-state index contributed by atoms with van der Waals surface area (Å²) >= 11 is 0. The van der Waals surface area contributed by atoms with Crippen molar-refractivity contribution in [1.29, 1.82) is 0 Å². The predicted molar refractivity (Wildman–Crippen MR) is 55.6 cm³/mol. The van der Waals surface area contributed by atoms with Crippen LogP contribution >= 0.6 is 0 Å². The van der Waals surface area contributed by atoms with E-state index in [1.54, 1.807) is 0 Å². The highest BCUT2D eigenvalue weighted by Gasteiger charge is 2.38. The second-order valence-corrected chi connectivity index (χ2v) is 3.91. The Balaban J connectivity index is 1.99. The van der Waals surface area contributed by atoms with Gasteiger partial charge < -0.3 is 10.1 Å². The van der Waals surface area contributed by atoms with Gasteiger partial charge in [-0.3, -0.25) is 9.69 Å². The van der Waals surface area contributed by atoms with Crippen LogP contribution in [0.25, 0.3) is 0 Å². The zero-order valence-corrected chi connectivity index (χ0v) is 9.55. The van der Waals surface area contributed by atoms with Crippen LogP contribution in [0.4, 0.5) is 13.2 Å². The van der Waals surface area contributed by atoms with E-state index < -0.39 is 12.1 Å². The zero-order valence-electron chi connectivity index (χ0n) is 9.55. The normalized spacial score (nSPS) is 18.1. The lowest BCUT2D eigenvalue weighted by Gasteiger charge is -2.26. The minimum atomic E-state index is -4.77. The molecular weight excluding hydrogens is 237 g/mol. The molecule has 1 fully saturated rings. The number of nitrogens with one attached hydrogen (secondary N) is 1. The first-order chi connectivity index (χ1) is 8.00. The van der Waals surface area contributed by atoms with Gasteiger partial charge in [-0.25, -0.2) is 0 Å². The first-order valence-electron chi connectivity index (χ1n) is 5.65. The zero-order chi connectivity index (χ0) is 12.7. The number of carbonyl (C=O) groups excluding carboxylic acids is 1. The number of morpholine rings is 1. The van der Waals surface area contributed by atoms with Crippen LogP contribution in [-0.4, -0.2) is 56.4 Å². The molecule has 4 nitrogen and oxygen atoms in total. The van der Waals surface area contributed by atoms with Crippen LogP contribution in [0.5, 0.6) is 0 Å². The number of amides is 1. The minimum Gasteiger partial charge on any atom is -0.379 e.